The summed E-state index contributed by atoms with van der Waals surface area (Å²) in [5.74, 6) is 0. The Morgan fingerprint density at radius 1 is 1.05 bits per heavy atom. The van der Waals surface area contributed by atoms with Crippen LogP contribution in [-0.4, -0.2) is 17.8 Å². The van der Waals surface area contributed by atoms with Crippen molar-refractivity contribution in [2.75, 3.05) is 11.9 Å². The molecule has 0 fully saturated rings. The number of nitrogens with one attached hydrogen (secondary N) is 1. The zero-order valence-corrected chi connectivity index (χ0v) is 11.4. The second-order valence-electron chi connectivity index (χ2n) is 5.15. The van der Waals surface area contributed by atoms with E-state index in [1.165, 1.54) is 11.3 Å². The van der Waals surface area contributed by atoms with Crippen LogP contribution in [0.3, 0.4) is 0 Å². The van der Waals surface area contributed by atoms with E-state index in [1.807, 2.05) is 24.3 Å². The van der Waals surface area contributed by atoms with E-state index in [2.05, 4.69) is 29.6 Å². The molecular weight excluding hydrogens is 250 g/mol. The van der Waals surface area contributed by atoms with Crippen molar-refractivity contribution < 1.29 is 9.84 Å². The number of para-hydroxylation sites is 1. The van der Waals surface area contributed by atoms with Gasteiger partial charge in [0.15, 0.2) is 0 Å². The topological polar surface area (TPSA) is 41.5 Å². The summed E-state index contributed by atoms with van der Waals surface area (Å²) in [5, 5.41) is 12.4. The van der Waals surface area contributed by atoms with Gasteiger partial charge >= 0.3 is 0 Å². The number of aliphatic hydroxyl groups excluding tert-OH is 1. The summed E-state index contributed by atoms with van der Waals surface area (Å²) in [4.78, 5) is 0. The maximum absolute atomic E-state index is 9.02. The molecule has 1 aliphatic heterocycles. The fourth-order valence-corrected chi connectivity index (χ4v) is 2.48. The van der Waals surface area contributed by atoms with Gasteiger partial charge in [0.25, 0.3) is 0 Å². The molecule has 0 aromatic heterocycles. The molecular formula is C17H19NO2. The van der Waals surface area contributed by atoms with Gasteiger partial charge in [0, 0.05) is 18.7 Å². The van der Waals surface area contributed by atoms with Gasteiger partial charge in [0.05, 0.1) is 19.3 Å². The van der Waals surface area contributed by atoms with Crippen LogP contribution in [0.4, 0.5) is 5.69 Å². The zero-order valence-electron chi connectivity index (χ0n) is 11.4. The van der Waals surface area contributed by atoms with Gasteiger partial charge < -0.3 is 15.2 Å². The number of anilines is 1. The lowest BCUT2D eigenvalue weighted by molar-refractivity contribution is 0.0476. The third kappa shape index (κ3) is 3.00. The Hall–Kier alpha value is -1.84. The average Bonchev–Trinajstić information content (AvgIpc) is 2.53. The van der Waals surface area contributed by atoms with Gasteiger partial charge in [0.1, 0.15) is 0 Å². The van der Waals surface area contributed by atoms with E-state index >= 15 is 0 Å². The van der Waals surface area contributed by atoms with E-state index in [0.29, 0.717) is 6.61 Å². The van der Waals surface area contributed by atoms with E-state index in [9.17, 15) is 0 Å². The van der Waals surface area contributed by atoms with Crippen molar-refractivity contribution in [1.29, 1.82) is 0 Å². The molecule has 0 spiro atoms. The van der Waals surface area contributed by atoms with Crippen LogP contribution >= 0.6 is 0 Å². The number of benzene rings is 2. The van der Waals surface area contributed by atoms with Crippen LogP contribution in [0.25, 0.3) is 0 Å². The Bertz CT molecular complexity index is 565. The van der Waals surface area contributed by atoms with Crippen molar-refractivity contribution in [3.8, 4) is 0 Å². The average molecular weight is 269 g/mol. The standard InChI is InChI=1S/C17H19NO2/c19-11-13-5-7-14(8-6-13)12-20-16-9-15-3-1-2-4-17(15)18-10-16/h1-8,16,18-19H,9-12H2. The number of ether oxygens (including phenoxy) is 1. The Morgan fingerprint density at radius 2 is 1.80 bits per heavy atom. The molecule has 0 amide bonds. The molecule has 2 aromatic rings. The maximum Gasteiger partial charge on any atom is 0.0792 e. The minimum atomic E-state index is 0.0878. The summed E-state index contributed by atoms with van der Waals surface area (Å²) in [5.41, 5.74) is 4.61. The quantitative estimate of drug-likeness (QED) is 0.896. The molecule has 3 nitrogen and oxygen atoms in total. The second kappa shape index (κ2) is 6.07. The van der Waals surface area contributed by atoms with Crippen molar-refractivity contribution in [3.63, 3.8) is 0 Å². The highest BCUT2D eigenvalue weighted by Gasteiger charge is 2.17. The Balaban J connectivity index is 1.57. The molecule has 0 saturated heterocycles. The first-order valence-electron chi connectivity index (χ1n) is 6.97. The zero-order chi connectivity index (χ0) is 13.8. The molecule has 0 radical (unpaired) electrons. The number of hydrogen-bond donors (Lipinski definition) is 2. The highest BCUT2D eigenvalue weighted by atomic mass is 16.5. The number of rotatable bonds is 4. The van der Waals surface area contributed by atoms with Crippen LogP contribution in [0.5, 0.6) is 0 Å². The van der Waals surface area contributed by atoms with E-state index in [0.717, 1.165) is 24.1 Å². The first-order valence-corrected chi connectivity index (χ1v) is 6.97. The van der Waals surface area contributed by atoms with Gasteiger partial charge in [-0.2, -0.15) is 0 Å². The molecule has 1 aliphatic rings. The number of aliphatic hydroxyl groups is 1. The van der Waals surface area contributed by atoms with Crippen LogP contribution in [0.1, 0.15) is 16.7 Å². The van der Waals surface area contributed by atoms with Gasteiger partial charge in [0.2, 0.25) is 0 Å². The summed E-state index contributed by atoms with van der Waals surface area (Å²) in [6.45, 7) is 1.55. The normalized spacial score (nSPS) is 17.4. The number of fused-ring (bicyclic) bond motifs is 1. The lowest BCUT2D eigenvalue weighted by Gasteiger charge is -2.26. The molecule has 2 N–H and O–H groups in total. The molecule has 1 unspecified atom stereocenters. The molecule has 1 heterocycles. The lowest BCUT2D eigenvalue weighted by atomic mass is 10.0. The van der Waals surface area contributed by atoms with E-state index in [1.54, 1.807) is 0 Å². The van der Waals surface area contributed by atoms with Crippen LogP contribution in [0, 0.1) is 0 Å². The van der Waals surface area contributed by atoms with Gasteiger partial charge in [-0.25, -0.2) is 0 Å². The molecule has 0 aliphatic carbocycles. The monoisotopic (exact) mass is 269 g/mol. The fourth-order valence-electron chi connectivity index (χ4n) is 2.48. The van der Waals surface area contributed by atoms with Gasteiger partial charge in [-0.1, -0.05) is 42.5 Å². The third-order valence-corrected chi connectivity index (χ3v) is 3.68. The van der Waals surface area contributed by atoms with Gasteiger partial charge in [-0.3, -0.25) is 0 Å². The summed E-state index contributed by atoms with van der Waals surface area (Å²) in [6.07, 6.45) is 1.17. The van der Waals surface area contributed by atoms with Crippen LogP contribution in [0.15, 0.2) is 48.5 Å². The Morgan fingerprint density at radius 3 is 2.60 bits per heavy atom. The van der Waals surface area contributed by atoms with Gasteiger partial charge in [-0.05, 0) is 22.8 Å². The van der Waals surface area contributed by atoms with Crippen molar-refractivity contribution >= 4 is 5.69 Å². The summed E-state index contributed by atoms with van der Waals surface area (Å²) in [6, 6.07) is 16.3. The largest absolute Gasteiger partial charge is 0.392 e. The predicted octanol–water partition coefficient (Wildman–Crippen LogP) is 2.73. The van der Waals surface area contributed by atoms with Gasteiger partial charge in [-0.15, -0.1) is 0 Å². The third-order valence-electron chi connectivity index (χ3n) is 3.68. The molecule has 20 heavy (non-hydrogen) atoms. The maximum atomic E-state index is 9.02. The van der Waals surface area contributed by atoms with E-state index in [-0.39, 0.29) is 12.7 Å². The summed E-state index contributed by atoms with van der Waals surface area (Å²) >= 11 is 0. The minimum absolute atomic E-state index is 0.0878. The minimum Gasteiger partial charge on any atom is -0.392 e. The van der Waals surface area contributed by atoms with Crippen LogP contribution in [0.2, 0.25) is 0 Å². The van der Waals surface area contributed by atoms with Crippen molar-refractivity contribution in [1.82, 2.24) is 0 Å². The smallest absolute Gasteiger partial charge is 0.0792 e. The van der Waals surface area contributed by atoms with E-state index < -0.39 is 0 Å². The number of hydrogen-bond acceptors (Lipinski definition) is 3. The summed E-state index contributed by atoms with van der Waals surface area (Å²) < 4.78 is 5.97. The SMILES string of the molecule is OCc1ccc(COC2CNc3ccccc3C2)cc1. The fraction of sp³-hybridized carbons (Fsp3) is 0.294. The van der Waals surface area contributed by atoms with Crippen LogP contribution in [-0.2, 0) is 24.4 Å². The van der Waals surface area contributed by atoms with E-state index in [4.69, 9.17) is 9.84 Å². The molecule has 0 saturated carbocycles. The molecule has 104 valence electrons. The highest BCUT2D eigenvalue weighted by molar-refractivity contribution is 5.53. The first-order chi connectivity index (χ1) is 9.85. The highest BCUT2D eigenvalue weighted by Crippen LogP contribution is 2.23. The second-order valence-corrected chi connectivity index (χ2v) is 5.15. The summed E-state index contributed by atoms with van der Waals surface area (Å²) in [7, 11) is 0. The Kier molecular flexibility index (Phi) is 4.00. The Labute approximate surface area is 119 Å². The molecule has 2 aromatic carbocycles. The van der Waals surface area contributed by atoms with Crippen molar-refractivity contribution in [2.45, 2.75) is 25.7 Å². The predicted molar refractivity (Wildman–Crippen MR) is 79.6 cm³/mol. The molecule has 1 atom stereocenters. The first kappa shape index (κ1) is 13.2. The molecule has 3 heteroatoms. The van der Waals surface area contributed by atoms with Crippen LogP contribution < -0.4 is 5.32 Å². The van der Waals surface area contributed by atoms with Crippen molar-refractivity contribution in [2.24, 2.45) is 0 Å². The molecule has 3 rings (SSSR count). The van der Waals surface area contributed by atoms with Crippen molar-refractivity contribution in [3.05, 3.63) is 65.2 Å². The molecule has 0 bridgehead atoms. The lowest BCUT2D eigenvalue weighted by Crippen LogP contribution is -2.30.